The molecule has 1 unspecified atom stereocenters. The highest BCUT2D eigenvalue weighted by Gasteiger charge is 2.32. The second-order valence-electron chi connectivity index (χ2n) is 9.34. The zero-order valence-electron chi connectivity index (χ0n) is 21.5. The van der Waals surface area contributed by atoms with Crippen LogP contribution in [0.1, 0.15) is 43.1 Å². The van der Waals surface area contributed by atoms with Crippen molar-refractivity contribution >= 4 is 0 Å². The molecule has 5 rings (SSSR count). The Labute approximate surface area is 221 Å². The summed E-state index contributed by atoms with van der Waals surface area (Å²) >= 11 is 0. The zero-order valence-corrected chi connectivity index (χ0v) is 21.5. The van der Waals surface area contributed by atoms with Crippen LogP contribution in [-0.2, 0) is 5.92 Å². The minimum atomic E-state index is -3.25. The molecule has 0 fully saturated rings. The number of alkyl halides is 2. The number of benzene rings is 2. The van der Waals surface area contributed by atoms with Gasteiger partial charge in [-0.25, -0.2) is 26.9 Å². The number of aromatic nitrogens is 5. The number of pyridine rings is 1. The van der Waals surface area contributed by atoms with Gasteiger partial charge in [-0.15, -0.1) is 10.2 Å². The van der Waals surface area contributed by atoms with E-state index in [1.165, 1.54) is 23.9 Å². The molecule has 3 heterocycles. The highest BCUT2D eigenvalue weighted by Crippen LogP contribution is 2.41. The average Bonchev–Trinajstić information content (AvgIpc) is 3.53. The Hall–Kier alpha value is -4.28. The van der Waals surface area contributed by atoms with Gasteiger partial charge in [0.05, 0.1) is 30.9 Å². The summed E-state index contributed by atoms with van der Waals surface area (Å²) in [5, 5.41) is 8.56. The summed E-state index contributed by atoms with van der Waals surface area (Å²) in [6, 6.07) is 7.48. The number of ether oxygens (including phenoxy) is 1. The normalized spacial score (nSPS) is 12.7. The summed E-state index contributed by atoms with van der Waals surface area (Å²) < 4.78 is 80.0. The van der Waals surface area contributed by atoms with E-state index in [-0.39, 0.29) is 23.4 Å². The van der Waals surface area contributed by atoms with Gasteiger partial charge >= 0.3 is 0 Å². The third-order valence-corrected chi connectivity index (χ3v) is 6.63. The Kier molecular flexibility index (Phi) is 6.61. The number of fused-ring (bicyclic) bond motifs is 1. The number of nitrogens with zero attached hydrogens (tertiary/aromatic N) is 5. The Morgan fingerprint density at radius 2 is 1.72 bits per heavy atom. The molecular formula is C28H24F5N5O. The average molecular weight is 542 g/mol. The lowest BCUT2D eigenvalue weighted by Crippen LogP contribution is -2.18. The van der Waals surface area contributed by atoms with E-state index in [9.17, 15) is 22.0 Å². The molecular weight excluding hydrogens is 517 g/mol. The van der Waals surface area contributed by atoms with Gasteiger partial charge in [0.15, 0.2) is 23.3 Å². The SMILES string of the molecule is CCC(c1cc(F)c(F)c(F)c1)n1cc(C(C)(F)F)cc2c(-c3ccc(-n4cnc(C)c4)c(OC)c3)nnc1-2. The summed E-state index contributed by atoms with van der Waals surface area (Å²) in [6.07, 6.45) is 4.92. The highest BCUT2D eigenvalue weighted by molar-refractivity contribution is 5.80. The van der Waals surface area contributed by atoms with Gasteiger partial charge in [-0.3, -0.25) is 0 Å². The lowest BCUT2D eigenvalue weighted by Gasteiger charge is -2.25. The fourth-order valence-corrected chi connectivity index (χ4v) is 4.68. The van der Waals surface area contributed by atoms with Crippen molar-refractivity contribution in [1.82, 2.24) is 24.3 Å². The molecule has 202 valence electrons. The minimum absolute atomic E-state index is 0.0722. The summed E-state index contributed by atoms with van der Waals surface area (Å²) in [7, 11) is 1.51. The van der Waals surface area contributed by atoms with E-state index in [0.717, 1.165) is 24.8 Å². The first-order valence-electron chi connectivity index (χ1n) is 12.1. The van der Waals surface area contributed by atoms with Gasteiger partial charge in [0.1, 0.15) is 11.4 Å². The minimum Gasteiger partial charge on any atom is -0.495 e. The quantitative estimate of drug-likeness (QED) is 0.163. The van der Waals surface area contributed by atoms with Crippen molar-refractivity contribution in [2.45, 2.75) is 39.2 Å². The van der Waals surface area contributed by atoms with Gasteiger partial charge in [0.25, 0.3) is 5.92 Å². The Balaban J connectivity index is 1.67. The second-order valence-corrected chi connectivity index (χ2v) is 9.34. The Morgan fingerprint density at radius 3 is 2.31 bits per heavy atom. The number of methoxy groups -OCH3 is 1. The first-order valence-corrected chi connectivity index (χ1v) is 12.1. The van der Waals surface area contributed by atoms with Gasteiger partial charge in [0.2, 0.25) is 0 Å². The zero-order chi connectivity index (χ0) is 28.1. The number of rotatable bonds is 7. The van der Waals surface area contributed by atoms with Crippen LogP contribution >= 0.6 is 0 Å². The molecule has 0 aliphatic carbocycles. The van der Waals surface area contributed by atoms with Crippen LogP contribution < -0.4 is 4.74 Å². The second kappa shape index (κ2) is 9.79. The van der Waals surface area contributed by atoms with Gasteiger partial charge in [-0.1, -0.05) is 13.0 Å². The molecule has 0 saturated heterocycles. The maximum Gasteiger partial charge on any atom is 0.271 e. The van der Waals surface area contributed by atoms with Crippen LogP contribution in [-0.4, -0.2) is 31.4 Å². The van der Waals surface area contributed by atoms with Crippen LogP contribution in [0.4, 0.5) is 22.0 Å². The van der Waals surface area contributed by atoms with E-state index < -0.39 is 29.4 Å². The molecule has 6 nitrogen and oxygen atoms in total. The van der Waals surface area contributed by atoms with E-state index in [1.807, 2.05) is 13.1 Å². The van der Waals surface area contributed by atoms with E-state index in [0.29, 0.717) is 28.3 Å². The maximum absolute atomic E-state index is 14.7. The number of hydrogen-bond donors (Lipinski definition) is 0. The smallest absolute Gasteiger partial charge is 0.271 e. The molecule has 0 N–H and O–H groups in total. The van der Waals surface area contributed by atoms with Crippen LogP contribution in [0, 0.1) is 24.4 Å². The standard InChI is InChI=1S/C28H24F5N5O/c1-5-22(17-8-20(29)25(31)21(30)9-17)38-13-18(28(3,32)33)11-19-26(35-36-27(19)38)16-6-7-23(24(10-16)39-4)37-12-15(2)34-14-37/h6-14,22H,5H2,1-4H3. The van der Waals surface area contributed by atoms with E-state index in [1.54, 1.807) is 36.0 Å². The van der Waals surface area contributed by atoms with Crippen LogP contribution in [0.3, 0.4) is 0 Å². The number of aryl methyl sites for hydroxylation is 1. The van der Waals surface area contributed by atoms with Gasteiger partial charge in [0, 0.05) is 36.0 Å². The van der Waals surface area contributed by atoms with Crippen molar-refractivity contribution in [2.75, 3.05) is 7.11 Å². The molecule has 39 heavy (non-hydrogen) atoms. The largest absolute Gasteiger partial charge is 0.495 e. The monoisotopic (exact) mass is 541 g/mol. The molecule has 0 bridgehead atoms. The molecule has 0 radical (unpaired) electrons. The summed E-state index contributed by atoms with van der Waals surface area (Å²) in [6.45, 7) is 4.33. The highest BCUT2D eigenvalue weighted by atomic mass is 19.3. The molecule has 1 aromatic heterocycles. The van der Waals surface area contributed by atoms with Gasteiger partial charge in [-0.05, 0) is 49.2 Å². The topological polar surface area (TPSA) is 57.8 Å². The van der Waals surface area contributed by atoms with Crippen molar-refractivity contribution < 1.29 is 26.7 Å². The number of halogens is 5. The molecule has 11 heteroatoms. The van der Waals surface area contributed by atoms with E-state index in [4.69, 9.17) is 4.74 Å². The first kappa shape index (κ1) is 26.3. The summed E-state index contributed by atoms with van der Waals surface area (Å²) in [5.41, 5.74) is 2.45. The van der Waals surface area contributed by atoms with Crippen LogP contribution in [0.2, 0.25) is 0 Å². The van der Waals surface area contributed by atoms with Crippen molar-refractivity contribution in [2.24, 2.45) is 0 Å². The summed E-state index contributed by atoms with van der Waals surface area (Å²) in [5.74, 6) is -6.86. The van der Waals surface area contributed by atoms with Crippen molar-refractivity contribution in [3.8, 4) is 34.1 Å². The predicted octanol–water partition coefficient (Wildman–Crippen LogP) is 7.08. The molecule has 0 saturated carbocycles. The Bertz CT molecular complexity index is 1610. The molecule has 3 aromatic rings. The maximum atomic E-state index is 14.7. The predicted molar refractivity (Wildman–Crippen MR) is 135 cm³/mol. The molecule has 0 amide bonds. The van der Waals surface area contributed by atoms with Crippen LogP contribution in [0.15, 0.2) is 55.1 Å². The lowest BCUT2D eigenvalue weighted by atomic mass is 9.98. The van der Waals surface area contributed by atoms with Crippen LogP contribution in [0.5, 0.6) is 5.75 Å². The summed E-state index contributed by atoms with van der Waals surface area (Å²) in [4.78, 5) is 4.23. The first-order chi connectivity index (χ1) is 18.5. The van der Waals surface area contributed by atoms with Crippen molar-refractivity contribution in [1.29, 1.82) is 0 Å². The number of imidazole rings is 1. The fraction of sp³-hybridized carbons (Fsp3) is 0.250. The van der Waals surface area contributed by atoms with Gasteiger partial charge < -0.3 is 13.9 Å². The molecule has 2 aliphatic rings. The Morgan fingerprint density at radius 1 is 1.00 bits per heavy atom. The lowest BCUT2D eigenvalue weighted by molar-refractivity contribution is 0.0167. The van der Waals surface area contributed by atoms with Gasteiger partial charge in [-0.2, -0.15) is 0 Å². The molecule has 2 aromatic carbocycles. The molecule has 2 aliphatic heterocycles. The molecule has 1 atom stereocenters. The fourth-order valence-electron chi connectivity index (χ4n) is 4.68. The van der Waals surface area contributed by atoms with Crippen molar-refractivity contribution in [3.05, 3.63) is 89.4 Å². The number of hydrogen-bond acceptors (Lipinski definition) is 4. The van der Waals surface area contributed by atoms with Crippen molar-refractivity contribution in [3.63, 3.8) is 0 Å². The van der Waals surface area contributed by atoms with E-state index in [2.05, 4.69) is 15.2 Å². The third kappa shape index (κ3) is 4.73. The molecule has 0 spiro atoms. The van der Waals surface area contributed by atoms with Crippen LogP contribution in [0.25, 0.3) is 28.3 Å². The van der Waals surface area contributed by atoms with E-state index >= 15 is 0 Å². The third-order valence-electron chi connectivity index (χ3n) is 6.63.